The molecule has 0 saturated heterocycles. The summed E-state index contributed by atoms with van der Waals surface area (Å²) in [4.78, 5) is 29.1. The number of hydrogen-bond donors (Lipinski definition) is 1. The molecule has 1 aliphatic rings. The predicted molar refractivity (Wildman–Crippen MR) is 120 cm³/mol. The van der Waals surface area contributed by atoms with Gasteiger partial charge in [-0.25, -0.2) is 4.39 Å². The van der Waals surface area contributed by atoms with Crippen LogP contribution in [0.1, 0.15) is 26.4 Å². The lowest BCUT2D eigenvalue weighted by Crippen LogP contribution is -2.35. The van der Waals surface area contributed by atoms with Crippen LogP contribution in [0.4, 0.5) is 10.1 Å². The van der Waals surface area contributed by atoms with Crippen molar-refractivity contribution in [2.24, 2.45) is 0 Å². The van der Waals surface area contributed by atoms with Crippen molar-refractivity contribution in [1.82, 2.24) is 4.90 Å². The highest BCUT2D eigenvalue weighted by atomic mass is 32.2. The number of anilines is 1. The smallest absolute Gasteiger partial charge is 0.254 e. The summed E-state index contributed by atoms with van der Waals surface area (Å²) in [6.45, 7) is 3.15. The van der Waals surface area contributed by atoms with E-state index in [1.165, 1.54) is 16.5 Å². The van der Waals surface area contributed by atoms with Gasteiger partial charge in [-0.3, -0.25) is 9.59 Å². The van der Waals surface area contributed by atoms with Crippen molar-refractivity contribution in [3.63, 3.8) is 0 Å². The number of carbonyl (C=O) groups excluding carboxylic acids is 2. The first-order valence-corrected chi connectivity index (χ1v) is 11.5. The second kappa shape index (κ2) is 9.02. The molecular weight excluding hydrogens is 419 g/mol. The Bertz CT molecular complexity index is 1100. The molecule has 0 atom stereocenters. The van der Waals surface area contributed by atoms with Crippen molar-refractivity contribution in [3.05, 3.63) is 81.3 Å². The molecule has 0 spiro atoms. The Morgan fingerprint density at radius 2 is 2.00 bits per heavy atom. The van der Waals surface area contributed by atoms with Crippen molar-refractivity contribution in [3.8, 4) is 0 Å². The number of nitrogens with zero attached hydrogens (tertiary/aromatic N) is 1. The maximum absolute atomic E-state index is 13.7. The molecule has 1 aromatic heterocycles. The van der Waals surface area contributed by atoms with Crippen LogP contribution in [0.25, 0.3) is 0 Å². The van der Waals surface area contributed by atoms with E-state index in [1.807, 2.05) is 11.8 Å². The minimum absolute atomic E-state index is 0.0267. The van der Waals surface area contributed by atoms with E-state index >= 15 is 0 Å². The van der Waals surface area contributed by atoms with Crippen LogP contribution in [0, 0.1) is 12.7 Å². The Kier molecular flexibility index (Phi) is 6.20. The standard InChI is InChI=1S/C23H21FN2O2S2/c1-15-17(23(28)26-11-9-20-16(13-26)10-12-29-20)5-4-7-19(15)25-22(27)14-30-21-8-3-2-6-18(21)24/h2-8,10,12H,9,11,13-14H2,1H3,(H,25,27). The summed E-state index contributed by atoms with van der Waals surface area (Å²) >= 11 is 2.89. The molecule has 2 amide bonds. The van der Waals surface area contributed by atoms with Gasteiger partial charge in [-0.2, -0.15) is 0 Å². The zero-order valence-corrected chi connectivity index (χ0v) is 18.1. The summed E-state index contributed by atoms with van der Waals surface area (Å²) in [6.07, 6.45) is 0.876. The van der Waals surface area contributed by atoms with Gasteiger partial charge in [0.05, 0.1) is 5.75 Å². The molecule has 2 aromatic carbocycles. The Balaban J connectivity index is 1.43. The zero-order chi connectivity index (χ0) is 21.1. The van der Waals surface area contributed by atoms with Crippen LogP contribution in [-0.4, -0.2) is 29.0 Å². The molecule has 30 heavy (non-hydrogen) atoms. The molecule has 0 saturated carbocycles. The first-order chi connectivity index (χ1) is 14.5. The maximum atomic E-state index is 13.7. The van der Waals surface area contributed by atoms with Crippen LogP contribution in [0.5, 0.6) is 0 Å². The number of halogens is 1. The maximum Gasteiger partial charge on any atom is 0.254 e. The van der Waals surface area contributed by atoms with Gasteiger partial charge in [0.1, 0.15) is 5.82 Å². The van der Waals surface area contributed by atoms with Gasteiger partial charge in [-0.15, -0.1) is 23.1 Å². The molecule has 1 aliphatic heterocycles. The van der Waals surface area contributed by atoms with E-state index in [2.05, 4.69) is 16.8 Å². The molecule has 3 aromatic rings. The van der Waals surface area contributed by atoms with Crippen LogP contribution < -0.4 is 5.32 Å². The molecule has 7 heteroatoms. The number of rotatable bonds is 5. The lowest BCUT2D eigenvalue weighted by atomic mass is 10.0. The lowest BCUT2D eigenvalue weighted by molar-refractivity contribution is -0.113. The van der Waals surface area contributed by atoms with Gasteiger partial charge < -0.3 is 10.2 Å². The average molecular weight is 441 g/mol. The van der Waals surface area contributed by atoms with Gasteiger partial charge in [-0.1, -0.05) is 18.2 Å². The monoisotopic (exact) mass is 440 g/mol. The fourth-order valence-electron chi connectivity index (χ4n) is 3.49. The fraction of sp³-hybridized carbons (Fsp3) is 0.217. The van der Waals surface area contributed by atoms with Crippen molar-refractivity contribution in [2.45, 2.75) is 24.8 Å². The summed E-state index contributed by atoms with van der Waals surface area (Å²) in [5.74, 6) is -0.515. The van der Waals surface area contributed by atoms with Crippen LogP contribution in [-0.2, 0) is 17.8 Å². The Morgan fingerprint density at radius 1 is 1.17 bits per heavy atom. The van der Waals surface area contributed by atoms with Gasteiger partial charge >= 0.3 is 0 Å². The second-order valence-electron chi connectivity index (χ2n) is 7.09. The van der Waals surface area contributed by atoms with Gasteiger partial charge in [-0.05, 0) is 60.2 Å². The summed E-state index contributed by atoms with van der Waals surface area (Å²) in [6, 6.07) is 13.8. The zero-order valence-electron chi connectivity index (χ0n) is 16.5. The largest absolute Gasteiger partial charge is 0.334 e. The molecule has 4 rings (SSSR count). The topological polar surface area (TPSA) is 49.4 Å². The minimum Gasteiger partial charge on any atom is -0.334 e. The third kappa shape index (κ3) is 4.42. The molecule has 154 valence electrons. The van der Waals surface area contributed by atoms with Crippen LogP contribution >= 0.6 is 23.1 Å². The molecule has 4 nitrogen and oxygen atoms in total. The van der Waals surface area contributed by atoms with Crippen molar-refractivity contribution in [1.29, 1.82) is 0 Å². The highest BCUT2D eigenvalue weighted by Gasteiger charge is 2.24. The Hall–Kier alpha value is -2.64. The van der Waals surface area contributed by atoms with E-state index < -0.39 is 0 Å². The Labute approximate surface area is 183 Å². The summed E-state index contributed by atoms with van der Waals surface area (Å²) in [7, 11) is 0. The molecule has 0 radical (unpaired) electrons. The van der Waals surface area contributed by atoms with Crippen molar-refractivity contribution >= 4 is 40.6 Å². The lowest BCUT2D eigenvalue weighted by Gasteiger charge is -2.28. The Morgan fingerprint density at radius 3 is 2.83 bits per heavy atom. The first kappa shape index (κ1) is 20.6. The number of thioether (sulfide) groups is 1. The predicted octanol–water partition coefficient (Wildman–Crippen LogP) is 5.12. The number of hydrogen-bond acceptors (Lipinski definition) is 4. The van der Waals surface area contributed by atoms with E-state index in [0.29, 0.717) is 29.2 Å². The SMILES string of the molecule is Cc1c(NC(=O)CSc2ccccc2F)cccc1C(=O)N1CCc2sccc2C1. The summed E-state index contributed by atoms with van der Waals surface area (Å²) < 4.78 is 13.7. The van der Waals surface area contributed by atoms with E-state index in [4.69, 9.17) is 0 Å². The third-order valence-corrected chi connectivity index (χ3v) is 7.20. The van der Waals surface area contributed by atoms with Gasteiger partial charge in [0.15, 0.2) is 0 Å². The first-order valence-electron chi connectivity index (χ1n) is 9.64. The number of thiophene rings is 1. The van der Waals surface area contributed by atoms with E-state index in [-0.39, 0.29) is 23.4 Å². The van der Waals surface area contributed by atoms with Gasteiger partial charge in [0, 0.05) is 34.1 Å². The number of fused-ring (bicyclic) bond motifs is 1. The molecule has 0 fully saturated rings. The van der Waals surface area contributed by atoms with E-state index in [0.717, 1.165) is 23.7 Å². The fourth-order valence-corrected chi connectivity index (χ4v) is 5.12. The minimum atomic E-state index is -0.339. The van der Waals surface area contributed by atoms with Crippen molar-refractivity contribution < 1.29 is 14.0 Å². The number of carbonyl (C=O) groups is 2. The van der Waals surface area contributed by atoms with Crippen LogP contribution in [0.15, 0.2) is 58.8 Å². The summed E-state index contributed by atoms with van der Waals surface area (Å²) in [5.41, 5.74) is 3.15. The van der Waals surface area contributed by atoms with Gasteiger partial charge in [0.2, 0.25) is 5.91 Å². The highest BCUT2D eigenvalue weighted by Crippen LogP contribution is 2.27. The number of amides is 2. The third-order valence-electron chi connectivity index (χ3n) is 5.13. The van der Waals surface area contributed by atoms with Crippen LogP contribution in [0.3, 0.4) is 0 Å². The van der Waals surface area contributed by atoms with Gasteiger partial charge in [0.25, 0.3) is 5.91 Å². The number of benzene rings is 2. The van der Waals surface area contributed by atoms with E-state index in [9.17, 15) is 14.0 Å². The van der Waals surface area contributed by atoms with Crippen molar-refractivity contribution in [2.75, 3.05) is 17.6 Å². The molecule has 2 heterocycles. The molecule has 0 unspecified atom stereocenters. The average Bonchev–Trinajstić information content (AvgIpc) is 3.22. The molecule has 1 N–H and O–H groups in total. The molecule has 0 bridgehead atoms. The molecular formula is C23H21FN2O2S2. The normalized spacial score (nSPS) is 13.1. The molecule has 0 aliphatic carbocycles. The van der Waals surface area contributed by atoms with E-state index in [1.54, 1.807) is 47.7 Å². The quantitative estimate of drug-likeness (QED) is 0.560. The highest BCUT2D eigenvalue weighted by molar-refractivity contribution is 8.00. The summed E-state index contributed by atoms with van der Waals surface area (Å²) in [5, 5.41) is 4.93. The van der Waals surface area contributed by atoms with Crippen LogP contribution in [0.2, 0.25) is 0 Å². The second-order valence-corrected chi connectivity index (χ2v) is 9.11. The number of nitrogens with one attached hydrogen (secondary N) is 1.